The van der Waals surface area contributed by atoms with Crippen LogP contribution in [0.2, 0.25) is 0 Å². The summed E-state index contributed by atoms with van der Waals surface area (Å²) in [6.45, 7) is 2.32. The van der Waals surface area contributed by atoms with Crippen LogP contribution >= 0.6 is 0 Å². The number of rotatable bonds is 4. The monoisotopic (exact) mass is 274 g/mol. The second kappa shape index (κ2) is 5.63. The Balaban J connectivity index is 2.33. The summed E-state index contributed by atoms with van der Waals surface area (Å²) in [6, 6.07) is 5.06. The molecule has 1 heterocycles. The van der Waals surface area contributed by atoms with Gasteiger partial charge in [-0.25, -0.2) is 4.79 Å². The lowest BCUT2D eigenvalue weighted by molar-refractivity contribution is -0.117. The van der Waals surface area contributed by atoms with Crippen LogP contribution in [0.4, 0.5) is 5.69 Å². The molecule has 1 atom stereocenters. The fourth-order valence-electron chi connectivity index (χ4n) is 2.44. The summed E-state index contributed by atoms with van der Waals surface area (Å²) in [5.41, 5.74) is 9.48. The summed E-state index contributed by atoms with van der Waals surface area (Å²) < 4.78 is 0. The fourth-order valence-corrected chi connectivity index (χ4v) is 2.44. The molecule has 104 valence electrons. The molecule has 0 spiro atoms. The summed E-state index contributed by atoms with van der Waals surface area (Å²) in [5, 5.41) is 12.8. The molecule has 2 rings (SSSR count). The average molecular weight is 274 g/mol. The molecule has 1 saturated heterocycles. The molecule has 0 aliphatic carbocycles. The summed E-state index contributed by atoms with van der Waals surface area (Å²) in [4.78, 5) is 27.5. The number of carbonyl (C=O) groups is 2. The third-order valence-corrected chi connectivity index (χ3v) is 3.36. The molecule has 1 fully saturated rings. The second-order valence-electron chi connectivity index (χ2n) is 4.76. The molecule has 0 bridgehead atoms. The van der Waals surface area contributed by atoms with Crippen LogP contribution in [0, 0.1) is 12.8 Å². The first-order valence-corrected chi connectivity index (χ1v) is 6.18. The van der Waals surface area contributed by atoms with Gasteiger partial charge in [0.1, 0.15) is 0 Å². The van der Waals surface area contributed by atoms with E-state index in [9.17, 15) is 14.7 Å². The van der Waals surface area contributed by atoms with Crippen molar-refractivity contribution in [3.8, 4) is 0 Å². The maximum atomic E-state index is 12.0. The van der Waals surface area contributed by atoms with Gasteiger partial charge >= 0.3 is 5.97 Å². The number of azide groups is 1. The van der Waals surface area contributed by atoms with Crippen molar-refractivity contribution in [2.75, 3.05) is 18.0 Å². The van der Waals surface area contributed by atoms with Gasteiger partial charge in [0.05, 0.1) is 11.3 Å². The molecule has 20 heavy (non-hydrogen) atoms. The Hall–Kier alpha value is -2.53. The molecule has 1 aromatic carbocycles. The highest BCUT2D eigenvalue weighted by Crippen LogP contribution is 2.30. The normalized spacial score (nSPS) is 17.9. The smallest absolute Gasteiger partial charge is 0.338 e. The van der Waals surface area contributed by atoms with Crippen LogP contribution in [0.5, 0.6) is 0 Å². The van der Waals surface area contributed by atoms with Gasteiger partial charge in [0.25, 0.3) is 0 Å². The predicted octanol–water partition coefficient (Wildman–Crippen LogP) is 2.36. The average Bonchev–Trinajstić information content (AvgIpc) is 2.76. The van der Waals surface area contributed by atoms with Crippen LogP contribution in [0.25, 0.3) is 10.4 Å². The summed E-state index contributed by atoms with van der Waals surface area (Å²) in [7, 11) is 0. The topological polar surface area (TPSA) is 106 Å². The van der Waals surface area contributed by atoms with Gasteiger partial charge in [0, 0.05) is 24.4 Å². The van der Waals surface area contributed by atoms with Crippen molar-refractivity contribution >= 4 is 17.6 Å². The molecular formula is C13H14N4O3. The van der Waals surface area contributed by atoms with E-state index in [1.807, 2.05) is 0 Å². The number of hydrogen-bond donors (Lipinski definition) is 1. The third-order valence-electron chi connectivity index (χ3n) is 3.36. The van der Waals surface area contributed by atoms with E-state index in [4.69, 9.17) is 5.53 Å². The first-order valence-electron chi connectivity index (χ1n) is 6.18. The lowest BCUT2D eigenvalue weighted by Crippen LogP contribution is -2.27. The van der Waals surface area contributed by atoms with Gasteiger partial charge in [0.2, 0.25) is 5.91 Å². The Morgan fingerprint density at radius 2 is 2.35 bits per heavy atom. The van der Waals surface area contributed by atoms with Crippen LogP contribution in [-0.2, 0) is 4.79 Å². The highest BCUT2D eigenvalue weighted by molar-refractivity contribution is 6.04. The van der Waals surface area contributed by atoms with Crippen molar-refractivity contribution in [3.63, 3.8) is 0 Å². The van der Waals surface area contributed by atoms with E-state index in [0.717, 1.165) is 0 Å². The number of carboxylic acids is 1. The lowest BCUT2D eigenvalue weighted by Gasteiger charge is -2.19. The highest BCUT2D eigenvalue weighted by Gasteiger charge is 2.32. The molecule has 7 heteroatoms. The number of nitrogens with zero attached hydrogens (tertiary/aromatic N) is 4. The summed E-state index contributed by atoms with van der Waals surface area (Å²) >= 11 is 0. The van der Waals surface area contributed by atoms with E-state index < -0.39 is 5.97 Å². The molecule has 1 aliphatic heterocycles. The van der Waals surface area contributed by atoms with E-state index in [0.29, 0.717) is 17.8 Å². The number of benzene rings is 1. The number of amides is 1. The molecule has 1 N–H and O–H groups in total. The van der Waals surface area contributed by atoms with E-state index in [1.54, 1.807) is 25.1 Å². The summed E-state index contributed by atoms with van der Waals surface area (Å²) in [6.07, 6.45) is 0.270. The van der Waals surface area contributed by atoms with E-state index >= 15 is 0 Å². The minimum atomic E-state index is -1.05. The van der Waals surface area contributed by atoms with Gasteiger partial charge in [-0.3, -0.25) is 4.79 Å². The van der Waals surface area contributed by atoms with Gasteiger partial charge in [-0.1, -0.05) is 17.2 Å². The van der Waals surface area contributed by atoms with Crippen LogP contribution in [0.3, 0.4) is 0 Å². The fraction of sp³-hybridized carbons (Fsp3) is 0.385. The van der Waals surface area contributed by atoms with Crippen LogP contribution < -0.4 is 4.90 Å². The number of carboxylic acid groups (broad SMARTS) is 1. The number of aromatic carboxylic acids is 1. The molecule has 7 nitrogen and oxygen atoms in total. The zero-order chi connectivity index (χ0) is 14.7. The molecule has 1 unspecified atom stereocenters. The first-order chi connectivity index (χ1) is 9.54. The third kappa shape index (κ3) is 2.57. The Kier molecular flexibility index (Phi) is 3.91. The molecule has 1 aromatic rings. The Labute approximate surface area is 115 Å². The standard InChI is InChI=1S/C13H14N4O3/c1-8-3-2-4-10(12(8)13(19)20)17-7-9(5-11(17)18)6-15-16-14/h2-4,9H,5-7H2,1H3,(H,19,20). The molecule has 0 radical (unpaired) electrons. The number of aryl methyl sites for hydroxylation is 1. The van der Waals surface area contributed by atoms with Crippen molar-refractivity contribution < 1.29 is 14.7 Å². The minimum absolute atomic E-state index is 0.0689. The number of carbonyl (C=O) groups excluding carboxylic acids is 1. The maximum absolute atomic E-state index is 12.0. The maximum Gasteiger partial charge on any atom is 0.338 e. The van der Waals surface area contributed by atoms with Crippen molar-refractivity contribution in [2.45, 2.75) is 13.3 Å². The zero-order valence-corrected chi connectivity index (χ0v) is 11.0. The van der Waals surface area contributed by atoms with Crippen molar-refractivity contribution in [1.29, 1.82) is 0 Å². The van der Waals surface area contributed by atoms with Crippen molar-refractivity contribution in [1.82, 2.24) is 0 Å². The van der Waals surface area contributed by atoms with Gasteiger partial charge in [0.15, 0.2) is 0 Å². The Morgan fingerprint density at radius 1 is 1.60 bits per heavy atom. The minimum Gasteiger partial charge on any atom is -0.478 e. The zero-order valence-electron chi connectivity index (χ0n) is 11.0. The summed E-state index contributed by atoms with van der Waals surface area (Å²) in [5.74, 6) is -1.26. The molecule has 1 aliphatic rings. The van der Waals surface area contributed by atoms with E-state index in [-0.39, 0.29) is 30.4 Å². The molecular weight excluding hydrogens is 260 g/mol. The highest BCUT2D eigenvalue weighted by atomic mass is 16.4. The van der Waals surface area contributed by atoms with Crippen molar-refractivity contribution in [2.24, 2.45) is 11.0 Å². The SMILES string of the molecule is Cc1cccc(N2CC(CN=[N+]=[N-])CC2=O)c1C(=O)O. The Bertz CT molecular complexity index is 608. The van der Waals surface area contributed by atoms with Gasteiger partial charge < -0.3 is 10.0 Å². The molecule has 0 aromatic heterocycles. The Morgan fingerprint density at radius 3 is 3.00 bits per heavy atom. The predicted molar refractivity (Wildman–Crippen MR) is 72.6 cm³/mol. The molecule has 1 amide bonds. The largest absolute Gasteiger partial charge is 0.478 e. The van der Waals surface area contributed by atoms with Gasteiger partial charge in [-0.05, 0) is 30.0 Å². The molecule has 0 saturated carbocycles. The second-order valence-corrected chi connectivity index (χ2v) is 4.76. The number of hydrogen-bond acceptors (Lipinski definition) is 3. The van der Waals surface area contributed by atoms with Gasteiger partial charge in [-0.15, -0.1) is 0 Å². The van der Waals surface area contributed by atoms with E-state index in [1.165, 1.54) is 4.90 Å². The van der Waals surface area contributed by atoms with Gasteiger partial charge in [-0.2, -0.15) is 0 Å². The lowest BCUT2D eigenvalue weighted by atomic mass is 10.1. The van der Waals surface area contributed by atoms with E-state index in [2.05, 4.69) is 10.0 Å². The van der Waals surface area contributed by atoms with Crippen LogP contribution in [-0.4, -0.2) is 30.1 Å². The quantitative estimate of drug-likeness (QED) is 0.517. The number of anilines is 1. The van der Waals surface area contributed by atoms with Crippen LogP contribution in [0.15, 0.2) is 23.3 Å². The van der Waals surface area contributed by atoms with Crippen molar-refractivity contribution in [3.05, 3.63) is 39.8 Å². The van der Waals surface area contributed by atoms with Crippen LogP contribution in [0.1, 0.15) is 22.3 Å². The first kappa shape index (κ1) is 13.9.